The average molecular weight is 272 g/mol. The first-order valence-electron chi connectivity index (χ1n) is 7.21. The fourth-order valence-corrected chi connectivity index (χ4v) is 2.76. The molecular weight excluding hydrogens is 252 g/mol. The Labute approximate surface area is 119 Å². The molecule has 2 aromatic rings. The summed E-state index contributed by atoms with van der Waals surface area (Å²) in [4.78, 5) is 4.29. The predicted octanol–water partition coefficient (Wildman–Crippen LogP) is 2.85. The number of aliphatic hydroxyl groups excluding tert-OH is 1. The van der Waals surface area contributed by atoms with Gasteiger partial charge in [0, 0.05) is 18.9 Å². The zero-order valence-corrected chi connectivity index (χ0v) is 11.7. The van der Waals surface area contributed by atoms with Crippen LogP contribution in [0.3, 0.4) is 0 Å². The Bertz CT molecular complexity index is 592. The highest BCUT2D eigenvalue weighted by molar-refractivity contribution is 5.38. The van der Waals surface area contributed by atoms with Crippen LogP contribution in [0, 0.1) is 0 Å². The Balaban J connectivity index is 1.73. The maximum atomic E-state index is 10.0. The highest BCUT2D eigenvalue weighted by Crippen LogP contribution is 2.32. The first-order chi connectivity index (χ1) is 9.78. The van der Waals surface area contributed by atoms with Gasteiger partial charge in [0.25, 0.3) is 0 Å². The van der Waals surface area contributed by atoms with E-state index in [2.05, 4.69) is 22.5 Å². The molecule has 0 radical (unpaired) electrons. The Morgan fingerprint density at radius 1 is 1.45 bits per heavy atom. The summed E-state index contributed by atoms with van der Waals surface area (Å²) in [6.45, 7) is 3.43. The van der Waals surface area contributed by atoms with Gasteiger partial charge in [-0.25, -0.2) is 4.98 Å². The number of aliphatic hydroxyl groups is 1. The van der Waals surface area contributed by atoms with E-state index in [-0.39, 0.29) is 6.10 Å². The number of aryl methyl sites for hydroxylation is 2. The number of imidazole rings is 1. The molecule has 4 heteroatoms. The number of benzene rings is 1. The van der Waals surface area contributed by atoms with E-state index in [0.29, 0.717) is 6.61 Å². The fraction of sp³-hybridized carbons (Fsp3) is 0.438. The lowest BCUT2D eigenvalue weighted by Gasteiger charge is -2.22. The smallest absolute Gasteiger partial charge is 0.146 e. The van der Waals surface area contributed by atoms with Gasteiger partial charge in [0.1, 0.15) is 18.2 Å². The quantitative estimate of drug-likeness (QED) is 0.931. The van der Waals surface area contributed by atoms with E-state index in [1.807, 2.05) is 18.3 Å². The van der Waals surface area contributed by atoms with Gasteiger partial charge in [0.2, 0.25) is 0 Å². The molecule has 4 nitrogen and oxygen atoms in total. The Morgan fingerprint density at radius 3 is 3.20 bits per heavy atom. The van der Waals surface area contributed by atoms with Crippen molar-refractivity contribution in [3.63, 3.8) is 0 Å². The zero-order valence-electron chi connectivity index (χ0n) is 11.7. The van der Waals surface area contributed by atoms with Gasteiger partial charge in [-0.1, -0.05) is 6.07 Å². The maximum absolute atomic E-state index is 10.0. The first kappa shape index (κ1) is 13.2. The lowest BCUT2D eigenvalue weighted by atomic mass is 9.89. The van der Waals surface area contributed by atoms with Crippen molar-refractivity contribution in [1.29, 1.82) is 0 Å². The Morgan fingerprint density at radius 2 is 2.35 bits per heavy atom. The Hall–Kier alpha value is -1.81. The second-order valence-electron chi connectivity index (χ2n) is 5.19. The highest BCUT2D eigenvalue weighted by atomic mass is 16.5. The number of nitrogens with zero attached hydrogens (tertiary/aromatic N) is 2. The van der Waals surface area contributed by atoms with Crippen molar-refractivity contribution >= 4 is 0 Å². The van der Waals surface area contributed by atoms with E-state index in [9.17, 15) is 5.11 Å². The number of hydrogen-bond acceptors (Lipinski definition) is 3. The standard InChI is InChI=1S/C16H20N2O2/c1-2-18-9-8-17-16(18)11-20-13-7-6-12-4-3-5-15(19)14(12)10-13/h6-10,15,19H,2-5,11H2,1H3. The van der Waals surface area contributed by atoms with Gasteiger partial charge in [-0.15, -0.1) is 0 Å². The molecule has 106 valence electrons. The van der Waals surface area contributed by atoms with Gasteiger partial charge < -0.3 is 14.4 Å². The molecular formula is C16H20N2O2. The summed E-state index contributed by atoms with van der Waals surface area (Å²) in [7, 11) is 0. The van der Waals surface area contributed by atoms with Crippen molar-refractivity contribution in [3.8, 4) is 5.75 Å². The SMILES string of the molecule is CCn1ccnc1COc1ccc2c(c1)C(O)CCC2. The molecule has 1 aliphatic carbocycles. The molecule has 0 amide bonds. The van der Waals surface area contributed by atoms with E-state index in [4.69, 9.17) is 4.74 Å². The topological polar surface area (TPSA) is 47.3 Å². The number of hydrogen-bond donors (Lipinski definition) is 1. The average Bonchev–Trinajstić information content (AvgIpc) is 2.93. The van der Waals surface area contributed by atoms with E-state index in [1.165, 1.54) is 5.56 Å². The molecule has 1 aromatic heterocycles. The van der Waals surface area contributed by atoms with Gasteiger partial charge in [-0.05, 0) is 49.4 Å². The van der Waals surface area contributed by atoms with Crippen molar-refractivity contribution in [2.45, 2.75) is 45.4 Å². The molecule has 1 unspecified atom stereocenters. The normalized spacial score (nSPS) is 17.8. The van der Waals surface area contributed by atoms with Gasteiger partial charge >= 0.3 is 0 Å². The van der Waals surface area contributed by atoms with Crippen LogP contribution in [-0.4, -0.2) is 14.7 Å². The van der Waals surface area contributed by atoms with Crippen LogP contribution in [0.25, 0.3) is 0 Å². The van der Waals surface area contributed by atoms with E-state index in [1.54, 1.807) is 6.20 Å². The molecule has 0 bridgehead atoms. The van der Waals surface area contributed by atoms with E-state index >= 15 is 0 Å². The predicted molar refractivity (Wildman–Crippen MR) is 76.6 cm³/mol. The summed E-state index contributed by atoms with van der Waals surface area (Å²) in [5, 5.41) is 10.0. The molecule has 20 heavy (non-hydrogen) atoms. The molecule has 0 saturated heterocycles. The van der Waals surface area contributed by atoms with Crippen LogP contribution in [0.4, 0.5) is 0 Å². The number of fused-ring (bicyclic) bond motifs is 1. The van der Waals surface area contributed by atoms with Crippen LogP contribution >= 0.6 is 0 Å². The van der Waals surface area contributed by atoms with Gasteiger partial charge in [-0.3, -0.25) is 0 Å². The highest BCUT2D eigenvalue weighted by Gasteiger charge is 2.18. The fourth-order valence-electron chi connectivity index (χ4n) is 2.76. The molecule has 0 aliphatic heterocycles. The van der Waals surface area contributed by atoms with E-state index in [0.717, 1.165) is 42.9 Å². The van der Waals surface area contributed by atoms with Crippen molar-refractivity contribution < 1.29 is 9.84 Å². The molecule has 3 rings (SSSR count). The van der Waals surface area contributed by atoms with Crippen LogP contribution < -0.4 is 4.74 Å². The van der Waals surface area contributed by atoms with Crippen LogP contribution in [0.5, 0.6) is 5.75 Å². The summed E-state index contributed by atoms with van der Waals surface area (Å²) >= 11 is 0. The zero-order chi connectivity index (χ0) is 13.9. The molecule has 0 fully saturated rings. The largest absolute Gasteiger partial charge is 0.486 e. The number of ether oxygens (including phenoxy) is 1. The van der Waals surface area contributed by atoms with Crippen molar-refractivity contribution in [2.24, 2.45) is 0 Å². The third kappa shape index (κ3) is 2.56. The second-order valence-corrected chi connectivity index (χ2v) is 5.19. The van der Waals surface area contributed by atoms with Crippen LogP contribution in [0.15, 0.2) is 30.6 Å². The number of rotatable bonds is 4. The lowest BCUT2D eigenvalue weighted by molar-refractivity contribution is 0.156. The summed E-state index contributed by atoms with van der Waals surface area (Å²) in [6.07, 6.45) is 6.35. The molecule has 0 saturated carbocycles. The van der Waals surface area contributed by atoms with Gasteiger partial charge in [0.05, 0.1) is 6.10 Å². The molecule has 1 aliphatic rings. The van der Waals surface area contributed by atoms with Crippen LogP contribution in [0.1, 0.15) is 42.8 Å². The molecule has 1 N–H and O–H groups in total. The number of aromatic nitrogens is 2. The molecule has 0 spiro atoms. The summed E-state index contributed by atoms with van der Waals surface area (Å²) in [5.41, 5.74) is 2.26. The van der Waals surface area contributed by atoms with Gasteiger partial charge in [0.15, 0.2) is 0 Å². The van der Waals surface area contributed by atoms with E-state index < -0.39 is 0 Å². The van der Waals surface area contributed by atoms with Crippen LogP contribution in [-0.2, 0) is 19.6 Å². The van der Waals surface area contributed by atoms with Crippen molar-refractivity contribution in [1.82, 2.24) is 9.55 Å². The molecule has 1 heterocycles. The lowest BCUT2D eigenvalue weighted by Crippen LogP contribution is -2.10. The minimum absolute atomic E-state index is 0.347. The Kier molecular flexibility index (Phi) is 3.74. The molecule has 1 atom stereocenters. The van der Waals surface area contributed by atoms with Crippen LogP contribution in [0.2, 0.25) is 0 Å². The summed E-state index contributed by atoms with van der Waals surface area (Å²) < 4.78 is 7.88. The monoisotopic (exact) mass is 272 g/mol. The van der Waals surface area contributed by atoms with Gasteiger partial charge in [-0.2, -0.15) is 0 Å². The van der Waals surface area contributed by atoms with Crippen molar-refractivity contribution in [3.05, 3.63) is 47.5 Å². The minimum atomic E-state index is -0.347. The minimum Gasteiger partial charge on any atom is -0.486 e. The third-order valence-corrected chi connectivity index (χ3v) is 3.91. The second kappa shape index (κ2) is 5.67. The van der Waals surface area contributed by atoms with Crippen molar-refractivity contribution in [2.75, 3.05) is 0 Å². The molecule has 1 aromatic carbocycles. The first-order valence-corrected chi connectivity index (χ1v) is 7.21. The maximum Gasteiger partial charge on any atom is 0.146 e. The third-order valence-electron chi connectivity index (χ3n) is 3.91. The summed E-state index contributed by atoms with van der Waals surface area (Å²) in [6, 6.07) is 6.02. The summed E-state index contributed by atoms with van der Waals surface area (Å²) in [5.74, 6) is 1.72.